The lowest BCUT2D eigenvalue weighted by Crippen LogP contribution is -2.62. The third kappa shape index (κ3) is 7.98. The van der Waals surface area contributed by atoms with Gasteiger partial charge in [-0.15, -0.1) is 0 Å². The van der Waals surface area contributed by atoms with E-state index in [1.807, 2.05) is 36.4 Å². The Bertz CT molecular complexity index is 1960. The molecule has 270 valence electrons. The van der Waals surface area contributed by atoms with Gasteiger partial charge in [-0.1, -0.05) is 36.4 Å². The van der Waals surface area contributed by atoms with E-state index in [-0.39, 0.29) is 0 Å². The van der Waals surface area contributed by atoms with Crippen molar-refractivity contribution in [1.29, 1.82) is 0 Å². The van der Waals surface area contributed by atoms with Crippen LogP contribution in [0.3, 0.4) is 0 Å². The van der Waals surface area contributed by atoms with Crippen molar-refractivity contribution in [3.63, 3.8) is 0 Å². The molecule has 0 atom stereocenters. The van der Waals surface area contributed by atoms with E-state index in [1.54, 1.807) is 74.0 Å². The number of hydrogen-bond donors (Lipinski definition) is 0. The quantitative estimate of drug-likeness (QED) is 0.102. The standard InChI is InChI=1S/C39H33B3O12/c1-46-37(43)28-10-4-25(5-11-28)16-31-19-49-22-34(31)40-52-41(35-23-50-20-32(35)17-26-6-12-29(13-7-26)38(44)47-2)54-42(53-40)36-24-51-21-33(36)18-27-8-14-30(15-9-27)39(45)48-3/h4-15,19-24H,16-18H2,1-3H3. The summed E-state index contributed by atoms with van der Waals surface area (Å²) in [6.45, 7) is 0. The van der Waals surface area contributed by atoms with Crippen molar-refractivity contribution in [1.82, 2.24) is 0 Å². The van der Waals surface area contributed by atoms with Gasteiger partial charge < -0.3 is 41.2 Å². The Balaban J connectivity index is 1.18. The molecule has 1 aliphatic heterocycles. The summed E-state index contributed by atoms with van der Waals surface area (Å²) in [5.41, 5.74) is 8.49. The van der Waals surface area contributed by atoms with Crippen molar-refractivity contribution in [3.8, 4) is 0 Å². The number of esters is 3. The second kappa shape index (κ2) is 16.3. The van der Waals surface area contributed by atoms with E-state index >= 15 is 0 Å². The maximum atomic E-state index is 12.0. The molecule has 4 heterocycles. The Morgan fingerprint density at radius 2 is 0.685 bits per heavy atom. The molecule has 6 aromatic rings. The minimum Gasteiger partial charge on any atom is -0.473 e. The van der Waals surface area contributed by atoms with E-state index in [4.69, 9.17) is 41.2 Å². The predicted molar refractivity (Wildman–Crippen MR) is 197 cm³/mol. The van der Waals surface area contributed by atoms with Crippen LogP contribution < -0.4 is 16.4 Å². The third-order valence-corrected chi connectivity index (χ3v) is 9.14. The zero-order valence-corrected chi connectivity index (χ0v) is 29.6. The van der Waals surface area contributed by atoms with Crippen LogP contribution in [0.1, 0.15) is 64.5 Å². The Morgan fingerprint density at radius 1 is 0.426 bits per heavy atom. The van der Waals surface area contributed by atoms with Crippen LogP contribution in [0, 0.1) is 0 Å². The number of carbonyl (C=O) groups is 3. The number of rotatable bonds is 12. The first kappa shape index (κ1) is 36.3. The Morgan fingerprint density at radius 3 is 0.926 bits per heavy atom. The van der Waals surface area contributed by atoms with Gasteiger partial charge in [-0.2, -0.15) is 0 Å². The lowest BCUT2D eigenvalue weighted by Gasteiger charge is -2.31. The summed E-state index contributed by atoms with van der Waals surface area (Å²) in [6, 6.07) is 21.4. The lowest BCUT2D eigenvalue weighted by molar-refractivity contribution is 0.0592. The van der Waals surface area contributed by atoms with Crippen LogP contribution in [0.4, 0.5) is 0 Å². The summed E-state index contributed by atoms with van der Waals surface area (Å²) in [5.74, 6) is -1.25. The fraction of sp³-hybridized carbons (Fsp3) is 0.154. The first-order valence-electron chi connectivity index (χ1n) is 17.0. The molecule has 0 spiro atoms. The van der Waals surface area contributed by atoms with Crippen LogP contribution in [-0.2, 0) is 47.2 Å². The van der Waals surface area contributed by atoms with Gasteiger partial charge in [0.2, 0.25) is 0 Å². The molecular formula is C39H33B3O12. The average Bonchev–Trinajstić information content (AvgIpc) is 4.00. The van der Waals surface area contributed by atoms with E-state index in [1.165, 1.54) is 21.3 Å². The molecular weight excluding hydrogens is 693 g/mol. The summed E-state index contributed by atoms with van der Waals surface area (Å²) in [4.78, 5) is 35.9. The van der Waals surface area contributed by atoms with E-state index in [0.29, 0.717) is 52.3 Å². The second-order valence-electron chi connectivity index (χ2n) is 12.6. The Hall–Kier alpha value is -6.02. The lowest BCUT2D eigenvalue weighted by atomic mass is 9.60. The van der Waals surface area contributed by atoms with Crippen LogP contribution in [0.5, 0.6) is 0 Å². The molecule has 1 saturated heterocycles. The molecule has 1 aliphatic rings. The molecule has 0 bridgehead atoms. The first-order valence-corrected chi connectivity index (χ1v) is 17.0. The van der Waals surface area contributed by atoms with Gasteiger partial charge in [0, 0.05) is 35.7 Å². The molecule has 3 aromatic carbocycles. The van der Waals surface area contributed by atoms with Gasteiger partial charge in [-0.25, -0.2) is 14.4 Å². The molecule has 12 nitrogen and oxygen atoms in total. The summed E-state index contributed by atoms with van der Waals surface area (Å²) in [7, 11) is 1.20. The molecule has 3 aromatic heterocycles. The van der Waals surface area contributed by atoms with Gasteiger partial charge in [-0.05, 0) is 69.8 Å². The van der Waals surface area contributed by atoms with E-state index in [0.717, 1.165) is 33.4 Å². The summed E-state index contributed by atoms with van der Waals surface area (Å²) in [5, 5.41) is 0. The van der Waals surface area contributed by atoms with Crippen LogP contribution in [-0.4, -0.2) is 60.6 Å². The number of methoxy groups -OCH3 is 3. The normalized spacial score (nSPS) is 12.8. The summed E-state index contributed by atoms with van der Waals surface area (Å²) < 4.78 is 51.2. The van der Waals surface area contributed by atoms with Gasteiger partial charge in [0.15, 0.2) is 0 Å². The Labute approximate surface area is 311 Å². The van der Waals surface area contributed by atoms with Crippen molar-refractivity contribution >= 4 is 55.7 Å². The number of carbonyl (C=O) groups excluding carboxylic acids is 3. The largest absolute Gasteiger partial charge is 0.473 e. The number of ether oxygens (including phenoxy) is 3. The van der Waals surface area contributed by atoms with Crippen LogP contribution >= 0.6 is 0 Å². The van der Waals surface area contributed by atoms with Crippen molar-refractivity contribution in [3.05, 3.63) is 160 Å². The number of benzene rings is 3. The topological polar surface area (TPSA) is 146 Å². The summed E-state index contributed by atoms with van der Waals surface area (Å²) in [6.07, 6.45) is 11.0. The highest BCUT2D eigenvalue weighted by Crippen LogP contribution is 2.20. The minimum absolute atomic E-state index is 0.416. The molecule has 0 saturated carbocycles. The molecule has 15 heteroatoms. The molecule has 0 radical (unpaired) electrons. The molecule has 54 heavy (non-hydrogen) atoms. The Kier molecular flexibility index (Phi) is 11.0. The number of furan rings is 3. The fourth-order valence-electron chi connectivity index (χ4n) is 6.21. The van der Waals surface area contributed by atoms with Gasteiger partial charge >= 0.3 is 39.3 Å². The van der Waals surface area contributed by atoms with E-state index in [9.17, 15) is 14.4 Å². The third-order valence-electron chi connectivity index (χ3n) is 9.14. The first-order chi connectivity index (χ1) is 26.3. The van der Waals surface area contributed by atoms with Crippen LogP contribution in [0.2, 0.25) is 0 Å². The second-order valence-corrected chi connectivity index (χ2v) is 12.6. The average molecular weight is 726 g/mol. The van der Waals surface area contributed by atoms with Crippen molar-refractivity contribution in [2.24, 2.45) is 0 Å². The van der Waals surface area contributed by atoms with Gasteiger partial charge in [0.1, 0.15) is 0 Å². The monoisotopic (exact) mass is 726 g/mol. The molecule has 0 N–H and O–H groups in total. The molecule has 0 unspecified atom stereocenters. The number of hydrogen-bond acceptors (Lipinski definition) is 12. The van der Waals surface area contributed by atoms with Gasteiger partial charge in [-0.3, -0.25) is 0 Å². The maximum Gasteiger partial charge on any atom is 0.470 e. The highest BCUT2D eigenvalue weighted by molar-refractivity contribution is 6.87. The molecule has 7 rings (SSSR count). The summed E-state index contributed by atoms with van der Waals surface area (Å²) >= 11 is 0. The van der Waals surface area contributed by atoms with Gasteiger partial charge in [0.25, 0.3) is 0 Å². The maximum absolute atomic E-state index is 12.0. The van der Waals surface area contributed by atoms with E-state index < -0.39 is 39.3 Å². The highest BCUT2D eigenvalue weighted by Gasteiger charge is 2.47. The van der Waals surface area contributed by atoms with Gasteiger partial charge in [0.05, 0.1) is 75.6 Å². The minimum atomic E-state index is -0.943. The molecule has 0 amide bonds. The van der Waals surface area contributed by atoms with Crippen LogP contribution in [0.25, 0.3) is 0 Å². The fourth-order valence-corrected chi connectivity index (χ4v) is 6.21. The van der Waals surface area contributed by atoms with Crippen molar-refractivity contribution in [2.45, 2.75) is 19.3 Å². The predicted octanol–water partition coefficient (Wildman–Crippen LogP) is 4.15. The van der Waals surface area contributed by atoms with E-state index in [2.05, 4.69) is 0 Å². The molecule has 1 fully saturated rings. The zero-order valence-electron chi connectivity index (χ0n) is 29.6. The zero-order chi connectivity index (χ0) is 37.6. The highest BCUT2D eigenvalue weighted by atomic mass is 16.7. The SMILES string of the molecule is COC(=O)c1ccc(Cc2cocc2B2OB(c3cocc3Cc3ccc(C(=O)OC)cc3)OB(c3cocc3Cc3ccc(C(=O)OC)cc3)O2)cc1. The van der Waals surface area contributed by atoms with Crippen molar-refractivity contribution < 1.29 is 55.6 Å². The molecule has 0 aliphatic carbocycles. The van der Waals surface area contributed by atoms with Crippen molar-refractivity contribution in [2.75, 3.05) is 21.3 Å². The smallest absolute Gasteiger partial charge is 0.470 e. The van der Waals surface area contributed by atoms with Crippen LogP contribution in [0.15, 0.2) is 124 Å².